The molecule has 0 atom stereocenters. The molecule has 2 aromatic rings. The van der Waals surface area contributed by atoms with Crippen molar-refractivity contribution in [1.29, 1.82) is 0 Å². The molecule has 0 saturated heterocycles. The van der Waals surface area contributed by atoms with Crippen molar-refractivity contribution >= 4 is 17.4 Å². The van der Waals surface area contributed by atoms with Crippen LogP contribution in [0.1, 0.15) is 22.3 Å². The first-order valence-corrected chi connectivity index (χ1v) is 6.92. The zero-order chi connectivity index (χ0) is 15.7. The lowest BCUT2D eigenvalue weighted by molar-refractivity contribution is -0.118. The highest BCUT2D eigenvalue weighted by molar-refractivity contribution is 6.09. The van der Waals surface area contributed by atoms with Gasteiger partial charge in [0.25, 0.3) is 0 Å². The summed E-state index contributed by atoms with van der Waals surface area (Å²) in [5.74, 6) is -1.23. The van der Waals surface area contributed by atoms with Crippen molar-refractivity contribution in [2.45, 2.75) is 12.8 Å². The maximum Gasteiger partial charge on any atom is 0.231 e. The Kier molecular flexibility index (Phi) is 3.71. The highest BCUT2D eigenvalue weighted by Crippen LogP contribution is 2.28. The van der Waals surface area contributed by atoms with E-state index in [0.717, 1.165) is 6.07 Å². The van der Waals surface area contributed by atoms with Crippen LogP contribution in [0.25, 0.3) is 0 Å². The Hall–Kier alpha value is -2.56. The topological polar surface area (TPSA) is 37.4 Å². The molecule has 3 rings (SSSR count). The smallest absolute Gasteiger partial charge is 0.231 e. The summed E-state index contributed by atoms with van der Waals surface area (Å²) >= 11 is 0. The van der Waals surface area contributed by atoms with Crippen molar-refractivity contribution in [3.05, 3.63) is 65.2 Å². The minimum Gasteiger partial charge on any atom is -0.311 e. The minimum absolute atomic E-state index is 0.102. The lowest BCUT2D eigenvalue weighted by Gasteiger charge is -2.28. The van der Waals surface area contributed by atoms with E-state index < -0.39 is 5.82 Å². The minimum atomic E-state index is -0.500. The zero-order valence-electron chi connectivity index (χ0n) is 11.7. The fourth-order valence-corrected chi connectivity index (χ4v) is 2.57. The summed E-state index contributed by atoms with van der Waals surface area (Å²) < 4.78 is 26.2. The summed E-state index contributed by atoms with van der Waals surface area (Å²) in [5, 5.41) is 0. The molecule has 0 aliphatic carbocycles. The van der Waals surface area contributed by atoms with Crippen molar-refractivity contribution in [3.8, 4) is 0 Å². The molecule has 0 N–H and O–H groups in total. The first-order chi connectivity index (χ1) is 10.5. The van der Waals surface area contributed by atoms with Gasteiger partial charge in [-0.25, -0.2) is 8.78 Å². The van der Waals surface area contributed by atoms with Gasteiger partial charge in [0.2, 0.25) is 5.91 Å². The van der Waals surface area contributed by atoms with Crippen LogP contribution in [0.2, 0.25) is 0 Å². The number of amides is 1. The summed E-state index contributed by atoms with van der Waals surface area (Å²) in [4.78, 5) is 25.8. The normalized spacial score (nSPS) is 13.9. The Balaban J connectivity index is 1.86. The van der Waals surface area contributed by atoms with E-state index in [4.69, 9.17) is 0 Å². The Labute approximate surface area is 126 Å². The Bertz CT molecular complexity index is 741. The van der Waals surface area contributed by atoms with Crippen LogP contribution in [0.5, 0.6) is 0 Å². The Morgan fingerprint density at radius 1 is 1.05 bits per heavy atom. The maximum atomic E-state index is 13.3. The number of nitrogens with zero attached hydrogens (tertiary/aromatic N) is 1. The monoisotopic (exact) mass is 301 g/mol. The third-order valence-electron chi connectivity index (χ3n) is 3.68. The van der Waals surface area contributed by atoms with Crippen LogP contribution in [0.3, 0.4) is 0 Å². The van der Waals surface area contributed by atoms with E-state index >= 15 is 0 Å². The molecule has 1 aliphatic heterocycles. The van der Waals surface area contributed by atoms with E-state index in [9.17, 15) is 18.4 Å². The first kappa shape index (κ1) is 14.4. The molecule has 0 bridgehead atoms. The van der Waals surface area contributed by atoms with Crippen LogP contribution >= 0.6 is 0 Å². The highest BCUT2D eigenvalue weighted by atomic mass is 19.1. The molecule has 0 aromatic heterocycles. The second-order valence-electron chi connectivity index (χ2n) is 5.18. The fourth-order valence-electron chi connectivity index (χ4n) is 2.57. The first-order valence-electron chi connectivity index (χ1n) is 6.92. The van der Waals surface area contributed by atoms with E-state index in [1.165, 1.54) is 29.2 Å². The largest absolute Gasteiger partial charge is 0.311 e. The van der Waals surface area contributed by atoms with Gasteiger partial charge in [0.15, 0.2) is 5.78 Å². The molecule has 5 heteroatoms. The second-order valence-corrected chi connectivity index (χ2v) is 5.18. The number of anilines is 1. The molecule has 0 unspecified atom stereocenters. The van der Waals surface area contributed by atoms with Crippen LogP contribution in [-0.4, -0.2) is 18.2 Å². The Morgan fingerprint density at radius 2 is 1.73 bits per heavy atom. The molecule has 0 radical (unpaired) electrons. The number of halogens is 2. The SMILES string of the molecule is O=C1CCN(C(=O)Cc2ccc(F)cc2)c2ccc(F)cc21. The molecule has 1 aliphatic rings. The third kappa shape index (κ3) is 2.74. The highest BCUT2D eigenvalue weighted by Gasteiger charge is 2.27. The number of ketones is 1. The second kappa shape index (κ2) is 5.67. The number of hydrogen-bond donors (Lipinski definition) is 0. The van der Waals surface area contributed by atoms with Gasteiger partial charge in [0.05, 0.1) is 12.1 Å². The molecule has 0 fully saturated rings. The molecule has 3 nitrogen and oxygen atoms in total. The molecule has 2 aromatic carbocycles. The van der Waals surface area contributed by atoms with Gasteiger partial charge in [-0.05, 0) is 35.9 Å². The van der Waals surface area contributed by atoms with Crippen LogP contribution in [0.4, 0.5) is 14.5 Å². The van der Waals surface area contributed by atoms with Crippen LogP contribution in [-0.2, 0) is 11.2 Å². The van der Waals surface area contributed by atoms with Crippen molar-refractivity contribution in [1.82, 2.24) is 0 Å². The predicted molar refractivity (Wildman–Crippen MR) is 77.8 cm³/mol. The van der Waals surface area contributed by atoms with Gasteiger partial charge in [-0.2, -0.15) is 0 Å². The van der Waals surface area contributed by atoms with E-state index in [-0.39, 0.29) is 42.5 Å². The number of hydrogen-bond acceptors (Lipinski definition) is 2. The Morgan fingerprint density at radius 3 is 2.45 bits per heavy atom. The maximum absolute atomic E-state index is 13.3. The van der Waals surface area contributed by atoms with Crippen LogP contribution in [0.15, 0.2) is 42.5 Å². The molecular formula is C17H13F2NO2. The molecular weight excluding hydrogens is 288 g/mol. The quantitative estimate of drug-likeness (QED) is 0.854. The van der Waals surface area contributed by atoms with E-state index in [1.807, 2.05) is 0 Å². The number of benzene rings is 2. The average molecular weight is 301 g/mol. The van der Waals surface area contributed by atoms with E-state index in [1.54, 1.807) is 12.1 Å². The summed E-state index contributed by atoms with van der Waals surface area (Å²) in [6.45, 7) is 0.275. The van der Waals surface area contributed by atoms with Crippen LogP contribution in [0, 0.1) is 11.6 Å². The fraction of sp³-hybridized carbons (Fsp3) is 0.176. The third-order valence-corrected chi connectivity index (χ3v) is 3.68. The van der Waals surface area contributed by atoms with Gasteiger partial charge in [0, 0.05) is 18.5 Å². The standard InChI is InChI=1S/C17H13F2NO2/c18-12-3-1-11(2-4-12)9-17(22)20-8-7-16(21)14-10-13(19)5-6-15(14)20/h1-6,10H,7-9H2. The summed E-state index contributed by atoms with van der Waals surface area (Å²) in [5.41, 5.74) is 1.36. The van der Waals surface area contributed by atoms with Gasteiger partial charge in [-0.1, -0.05) is 12.1 Å². The summed E-state index contributed by atoms with van der Waals surface area (Å²) in [7, 11) is 0. The van der Waals surface area contributed by atoms with E-state index in [2.05, 4.69) is 0 Å². The van der Waals surface area contributed by atoms with E-state index in [0.29, 0.717) is 11.3 Å². The van der Waals surface area contributed by atoms with Crippen molar-refractivity contribution in [2.24, 2.45) is 0 Å². The van der Waals surface area contributed by atoms with Gasteiger partial charge in [-0.3, -0.25) is 9.59 Å². The lowest BCUT2D eigenvalue weighted by Crippen LogP contribution is -2.38. The molecule has 22 heavy (non-hydrogen) atoms. The molecule has 1 heterocycles. The van der Waals surface area contributed by atoms with Crippen LogP contribution < -0.4 is 4.90 Å². The molecule has 0 saturated carbocycles. The van der Waals surface area contributed by atoms with Gasteiger partial charge in [-0.15, -0.1) is 0 Å². The summed E-state index contributed by atoms with van der Waals surface area (Å²) in [6.07, 6.45) is 0.275. The van der Waals surface area contributed by atoms with Crippen molar-refractivity contribution < 1.29 is 18.4 Å². The number of carbonyl (C=O) groups excluding carboxylic acids is 2. The number of Topliss-reactive ketones (excluding diaryl/α,β-unsaturated/α-hetero) is 1. The number of rotatable bonds is 2. The van der Waals surface area contributed by atoms with Gasteiger partial charge >= 0.3 is 0 Å². The van der Waals surface area contributed by atoms with Crippen molar-refractivity contribution in [2.75, 3.05) is 11.4 Å². The molecule has 0 spiro atoms. The lowest BCUT2D eigenvalue weighted by atomic mass is 9.99. The molecule has 1 amide bonds. The predicted octanol–water partition coefficient (Wildman–Crippen LogP) is 3.13. The zero-order valence-corrected chi connectivity index (χ0v) is 11.7. The number of fused-ring (bicyclic) bond motifs is 1. The molecule has 112 valence electrons. The van der Waals surface area contributed by atoms with Crippen molar-refractivity contribution in [3.63, 3.8) is 0 Å². The average Bonchev–Trinajstić information content (AvgIpc) is 2.50. The number of carbonyl (C=O) groups is 2. The van der Waals surface area contributed by atoms with Gasteiger partial charge in [0.1, 0.15) is 11.6 Å². The van der Waals surface area contributed by atoms with Gasteiger partial charge < -0.3 is 4.90 Å². The summed E-state index contributed by atoms with van der Waals surface area (Å²) in [6, 6.07) is 9.54.